The van der Waals surface area contributed by atoms with Crippen LogP contribution in [0.3, 0.4) is 0 Å². The largest absolute Gasteiger partial charge is 0.495 e. The van der Waals surface area contributed by atoms with Gasteiger partial charge in [-0.2, -0.15) is 0 Å². The van der Waals surface area contributed by atoms with Gasteiger partial charge >= 0.3 is 0 Å². The van der Waals surface area contributed by atoms with Crippen molar-refractivity contribution in [2.45, 2.75) is 11.3 Å². The van der Waals surface area contributed by atoms with Crippen molar-refractivity contribution in [1.29, 1.82) is 0 Å². The highest BCUT2D eigenvalue weighted by atomic mass is 35.5. The molecule has 0 saturated heterocycles. The van der Waals surface area contributed by atoms with Gasteiger partial charge < -0.3 is 9.26 Å². The zero-order valence-corrected chi connectivity index (χ0v) is 16.0. The second-order valence-electron chi connectivity index (χ2n) is 5.73. The number of halogens is 5. The fraction of sp³-hybridized carbons (Fsp3) is 0.118. The minimum absolute atomic E-state index is 0.105. The van der Waals surface area contributed by atoms with Crippen molar-refractivity contribution in [3.05, 3.63) is 52.7 Å². The average molecular weight is 451 g/mol. The summed E-state index contributed by atoms with van der Waals surface area (Å²) in [6, 6.07) is 4.85. The number of alkyl halides is 2. The molecule has 0 aliphatic rings. The van der Waals surface area contributed by atoms with Gasteiger partial charge in [0.2, 0.25) is 15.8 Å². The first-order chi connectivity index (χ1) is 13.5. The standard InChI is InChI=1S/C17H11ClF4N2O4S/c1-27-12-3-2-7(4-9(12)18)15-14(16(17(21)22)28-24-15)8-5-11(20)13(6-10(8)19)29(23,25)26/h2-6,17H,1H3,(H2,23,25,26). The first-order valence-electron chi connectivity index (χ1n) is 7.68. The maximum absolute atomic E-state index is 14.6. The number of ether oxygens (including phenoxy) is 1. The van der Waals surface area contributed by atoms with E-state index in [1.54, 1.807) is 0 Å². The van der Waals surface area contributed by atoms with Gasteiger partial charge in [-0.25, -0.2) is 31.1 Å². The third-order valence-electron chi connectivity index (χ3n) is 3.94. The molecule has 1 heterocycles. The summed E-state index contributed by atoms with van der Waals surface area (Å²) >= 11 is 6.03. The lowest BCUT2D eigenvalue weighted by molar-refractivity contribution is 0.113. The van der Waals surface area contributed by atoms with E-state index in [0.29, 0.717) is 12.1 Å². The van der Waals surface area contributed by atoms with Crippen molar-refractivity contribution < 1.29 is 35.2 Å². The van der Waals surface area contributed by atoms with Crippen LogP contribution in [-0.2, 0) is 10.0 Å². The molecule has 2 N–H and O–H groups in total. The van der Waals surface area contributed by atoms with Crippen LogP contribution in [0.1, 0.15) is 12.2 Å². The quantitative estimate of drug-likeness (QED) is 0.576. The van der Waals surface area contributed by atoms with Gasteiger partial charge in [-0.15, -0.1) is 0 Å². The normalized spacial score (nSPS) is 11.9. The van der Waals surface area contributed by atoms with E-state index in [-0.39, 0.29) is 22.0 Å². The second kappa shape index (κ2) is 7.65. The molecule has 2 aromatic carbocycles. The summed E-state index contributed by atoms with van der Waals surface area (Å²) in [6.45, 7) is 0. The Labute approximate surface area is 166 Å². The molecule has 154 valence electrons. The molecular weight excluding hydrogens is 440 g/mol. The third-order valence-corrected chi connectivity index (χ3v) is 5.16. The van der Waals surface area contributed by atoms with Crippen molar-refractivity contribution in [3.8, 4) is 28.1 Å². The van der Waals surface area contributed by atoms with Gasteiger partial charge in [-0.3, -0.25) is 0 Å². The molecule has 0 fully saturated rings. The van der Waals surface area contributed by atoms with Gasteiger partial charge in [-0.1, -0.05) is 16.8 Å². The molecule has 0 aliphatic carbocycles. The Morgan fingerprint density at radius 2 is 1.86 bits per heavy atom. The number of nitrogens with two attached hydrogens (primary N) is 1. The molecule has 0 radical (unpaired) electrons. The number of benzene rings is 2. The summed E-state index contributed by atoms with van der Waals surface area (Å²) in [5, 5.41) is 8.47. The minimum Gasteiger partial charge on any atom is -0.495 e. The van der Waals surface area contributed by atoms with Crippen molar-refractivity contribution in [1.82, 2.24) is 5.16 Å². The smallest absolute Gasteiger partial charge is 0.298 e. The van der Waals surface area contributed by atoms with Gasteiger partial charge in [-0.05, 0) is 30.3 Å². The number of aromatic nitrogens is 1. The van der Waals surface area contributed by atoms with Crippen LogP contribution in [0.15, 0.2) is 39.8 Å². The molecule has 3 aromatic rings. The molecule has 12 heteroatoms. The van der Waals surface area contributed by atoms with Gasteiger partial charge in [0.05, 0.1) is 17.7 Å². The van der Waals surface area contributed by atoms with Crippen LogP contribution in [0.25, 0.3) is 22.4 Å². The SMILES string of the molecule is COc1ccc(-c2noc(C(F)F)c2-c2cc(F)c(S(N)(=O)=O)cc2F)cc1Cl. The Balaban J connectivity index is 2.29. The Morgan fingerprint density at radius 1 is 1.17 bits per heavy atom. The number of hydrogen-bond acceptors (Lipinski definition) is 5. The van der Waals surface area contributed by atoms with Crippen LogP contribution >= 0.6 is 11.6 Å². The van der Waals surface area contributed by atoms with Crippen LogP contribution in [-0.4, -0.2) is 20.7 Å². The van der Waals surface area contributed by atoms with Crippen molar-refractivity contribution in [2.24, 2.45) is 5.14 Å². The first-order valence-corrected chi connectivity index (χ1v) is 9.60. The van der Waals surface area contributed by atoms with Crippen molar-refractivity contribution in [3.63, 3.8) is 0 Å². The lowest BCUT2D eigenvalue weighted by atomic mass is 9.98. The molecule has 0 aliphatic heterocycles. The van der Waals surface area contributed by atoms with Crippen LogP contribution in [0, 0.1) is 11.6 Å². The number of rotatable bonds is 5. The summed E-state index contributed by atoms with van der Waals surface area (Å²) in [5.74, 6) is -3.50. The topological polar surface area (TPSA) is 95.4 Å². The monoisotopic (exact) mass is 450 g/mol. The summed E-state index contributed by atoms with van der Waals surface area (Å²) in [5.41, 5.74) is -1.35. The zero-order valence-electron chi connectivity index (χ0n) is 14.4. The van der Waals surface area contributed by atoms with E-state index in [2.05, 4.69) is 9.68 Å². The molecule has 29 heavy (non-hydrogen) atoms. The second-order valence-corrected chi connectivity index (χ2v) is 7.66. The van der Waals surface area contributed by atoms with Crippen molar-refractivity contribution in [2.75, 3.05) is 7.11 Å². The molecular formula is C17H11ClF4N2O4S. The summed E-state index contributed by atoms with van der Waals surface area (Å²) in [4.78, 5) is -1.12. The Kier molecular flexibility index (Phi) is 5.57. The molecule has 0 atom stereocenters. The minimum atomic E-state index is -4.58. The van der Waals surface area contributed by atoms with Gasteiger partial charge in [0.25, 0.3) is 6.43 Å². The molecule has 0 saturated carbocycles. The van der Waals surface area contributed by atoms with Gasteiger partial charge in [0, 0.05) is 11.1 Å². The molecule has 1 aromatic heterocycles. The summed E-state index contributed by atoms with van der Waals surface area (Å²) in [6.07, 6.45) is -3.22. The Morgan fingerprint density at radius 3 is 2.41 bits per heavy atom. The highest BCUT2D eigenvalue weighted by Gasteiger charge is 2.29. The van der Waals surface area contributed by atoms with E-state index < -0.39 is 49.9 Å². The van der Waals surface area contributed by atoms with E-state index in [4.69, 9.17) is 21.5 Å². The van der Waals surface area contributed by atoms with E-state index in [1.165, 1.54) is 25.3 Å². The fourth-order valence-corrected chi connectivity index (χ4v) is 3.52. The van der Waals surface area contributed by atoms with E-state index in [0.717, 1.165) is 0 Å². The summed E-state index contributed by atoms with van der Waals surface area (Å²) < 4.78 is 88.1. The molecule has 0 amide bonds. The van der Waals surface area contributed by atoms with Gasteiger partial charge in [0.15, 0.2) is 0 Å². The number of primary sulfonamides is 1. The van der Waals surface area contributed by atoms with Crippen LogP contribution in [0.2, 0.25) is 5.02 Å². The zero-order chi connectivity index (χ0) is 21.5. The number of methoxy groups -OCH3 is 1. The highest BCUT2D eigenvalue weighted by Crippen LogP contribution is 2.42. The first kappa shape index (κ1) is 21.1. The van der Waals surface area contributed by atoms with E-state index >= 15 is 0 Å². The molecule has 0 bridgehead atoms. The summed E-state index contributed by atoms with van der Waals surface area (Å²) in [7, 11) is -3.21. The van der Waals surface area contributed by atoms with Crippen LogP contribution in [0.4, 0.5) is 17.6 Å². The fourth-order valence-electron chi connectivity index (χ4n) is 2.66. The third kappa shape index (κ3) is 3.93. The molecule has 3 rings (SSSR count). The van der Waals surface area contributed by atoms with E-state index in [1.807, 2.05) is 0 Å². The maximum Gasteiger partial charge on any atom is 0.298 e. The number of hydrogen-bond donors (Lipinski definition) is 1. The predicted octanol–water partition coefficient (Wildman–Crippen LogP) is 4.53. The number of sulfonamides is 1. The Bertz CT molecular complexity index is 1200. The van der Waals surface area contributed by atoms with Crippen LogP contribution in [0.5, 0.6) is 5.75 Å². The Hall–Kier alpha value is -2.63. The van der Waals surface area contributed by atoms with Crippen molar-refractivity contribution >= 4 is 21.6 Å². The number of nitrogens with zero attached hydrogens (tertiary/aromatic N) is 1. The lowest BCUT2D eigenvalue weighted by Gasteiger charge is -2.09. The highest BCUT2D eigenvalue weighted by molar-refractivity contribution is 7.89. The predicted molar refractivity (Wildman–Crippen MR) is 95.2 cm³/mol. The molecule has 0 unspecified atom stereocenters. The van der Waals surface area contributed by atoms with E-state index in [9.17, 15) is 26.0 Å². The van der Waals surface area contributed by atoms with Crippen LogP contribution < -0.4 is 9.88 Å². The molecule has 0 spiro atoms. The lowest BCUT2D eigenvalue weighted by Crippen LogP contribution is -2.14. The van der Waals surface area contributed by atoms with Gasteiger partial charge in [0.1, 0.15) is 28.0 Å². The maximum atomic E-state index is 14.6. The average Bonchev–Trinajstić information content (AvgIpc) is 3.07. The molecule has 6 nitrogen and oxygen atoms in total.